The molecule has 1 atom stereocenters. The molecular weight excluding hydrogens is 386 g/mol. The lowest BCUT2D eigenvalue weighted by atomic mass is 9.93. The van der Waals surface area contributed by atoms with E-state index in [2.05, 4.69) is 38.4 Å². The average Bonchev–Trinajstić information content (AvgIpc) is 3.08. The van der Waals surface area contributed by atoms with E-state index in [1.54, 1.807) is 14.2 Å². The first kappa shape index (κ1) is 20.8. The third-order valence-electron chi connectivity index (χ3n) is 6.10. The molecule has 1 N–H and O–H groups in total. The molecule has 4 rings (SSSR count). The first-order chi connectivity index (χ1) is 14.5. The Balaban J connectivity index is 1.49. The monoisotopic (exact) mass is 415 g/mol. The van der Waals surface area contributed by atoms with Crippen LogP contribution in [0.25, 0.3) is 10.9 Å². The summed E-state index contributed by atoms with van der Waals surface area (Å²) >= 11 is 0. The SMILES string of the molecule is COC(CN1CCN(c2ccc3c(C4CCC(=O)NC4=O)nn(C)c3c2)CC1)OC. The van der Waals surface area contributed by atoms with E-state index in [1.807, 2.05) is 11.7 Å². The van der Waals surface area contributed by atoms with Crippen molar-refractivity contribution in [2.45, 2.75) is 25.0 Å². The number of carbonyl (C=O) groups excluding carboxylic acids is 2. The molecule has 2 saturated heterocycles. The van der Waals surface area contributed by atoms with E-state index in [0.717, 1.165) is 55.0 Å². The van der Waals surface area contributed by atoms with Crippen LogP contribution >= 0.6 is 0 Å². The van der Waals surface area contributed by atoms with Crippen molar-refractivity contribution in [2.75, 3.05) is 51.8 Å². The number of ether oxygens (including phenoxy) is 2. The number of piperazine rings is 1. The summed E-state index contributed by atoms with van der Waals surface area (Å²) in [6, 6.07) is 6.29. The largest absolute Gasteiger partial charge is 0.369 e. The number of carbonyl (C=O) groups is 2. The first-order valence-corrected chi connectivity index (χ1v) is 10.3. The number of amides is 2. The Morgan fingerprint density at radius 2 is 1.90 bits per heavy atom. The van der Waals surface area contributed by atoms with Crippen LogP contribution in [0.5, 0.6) is 0 Å². The van der Waals surface area contributed by atoms with Crippen molar-refractivity contribution in [2.24, 2.45) is 7.05 Å². The molecule has 2 aliphatic rings. The molecule has 2 aliphatic heterocycles. The van der Waals surface area contributed by atoms with Gasteiger partial charge in [0.05, 0.1) is 17.1 Å². The normalized spacial score (nSPS) is 20.9. The maximum atomic E-state index is 12.3. The molecule has 0 aliphatic carbocycles. The van der Waals surface area contributed by atoms with Crippen LogP contribution in [0.1, 0.15) is 24.5 Å². The Bertz CT molecular complexity index is 931. The van der Waals surface area contributed by atoms with Gasteiger partial charge in [0.15, 0.2) is 6.29 Å². The van der Waals surface area contributed by atoms with Gasteiger partial charge in [-0.2, -0.15) is 5.10 Å². The molecule has 0 saturated carbocycles. The highest BCUT2D eigenvalue weighted by molar-refractivity contribution is 6.02. The average molecular weight is 415 g/mol. The summed E-state index contributed by atoms with van der Waals surface area (Å²) in [5, 5.41) is 8.03. The number of piperidine rings is 1. The number of hydrogen-bond acceptors (Lipinski definition) is 7. The highest BCUT2D eigenvalue weighted by Crippen LogP contribution is 2.32. The number of nitrogens with zero attached hydrogens (tertiary/aromatic N) is 4. The number of fused-ring (bicyclic) bond motifs is 1. The summed E-state index contributed by atoms with van der Waals surface area (Å²) in [6.45, 7) is 4.48. The van der Waals surface area contributed by atoms with Gasteiger partial charge in [0.2, 0.25) is 11.8 Å². The minimum atomic E-state index is -0.379. The van der Waals surface area contributed by atoms with Gasteiger partial charge in [0.1, 0.15) is 0 Å². The van der Waals surface area contributed by atoms with Crippen LogP contribution in [-0.2, 0) is 26.1 Å². The summed E-state index contributed by atoms with van der Waals surface area (Å²) in [4.78, 5) is 28.5. The Labute approximate surface area is 175 Å². The topological polar surface area (TPSA) is 88.9 Å². The summed E-state index contributed by atoms with van der Waals surface area (Å²) < 4.78 is 12.4. The maximum absolute atomic E-state index is 12.3. The molecule has 1 unspecified atom stereocenters. The van der Waals surface area contributed by atoms with E-state index < -0.39 is 0 Å². The lowest BCUT2D eigenvalue weighted by Gasteiger charge is -2.37. The van der Waals surface area contributed by atoms with Crippen LogP contribution in [-0.4, -0.2) is 79.7 Å². The Kier molecular flexibility index (Phi) is 6.03. The molecule has 2 aromatic rings. The van der Waals surface area contributed by atoms with Crippen molar-refractivity contribution < 1.29 is 19.1 Å². The smallest absolute Gasteiger partial charge is 0.235 e. The first-order valence-electron chi connectivity index (χ1n) is 10.3. The molecule has 2 amide bonds. The van der Waals surface area contributed by atoms with Gasteiger partial charge in [-0.1, -0.05) is 0 Å². The molecular formula is C21H29N5O4. The number of aryl methyl sites for hydroxylation is 1. The zero-order valence-corrected chi connectivity index (χ0v) is 17.8. The van der Waals surface area contributed by atoms with Crippen molar-refractivity contribution >= 4 is 28.4 Å². The fourth-order valence-electron chi connectivity index (χ4n) is 4.33. The van der Waals surface area contributed by atoms with Gasteiger partial charge in [0, 0.05) is 71.5 Å². The van der Waals surface area contributed by atoms with Gasteiger partial charge in [0.25, 0.3) is 0 Å². The number of methoxy groups -OCH3 is 2. The minimum absolute atomic E-state index is 0.201. The maximum Gasteiger partial charge on any atom is 0.235 e. The summed E-state index contributed by atoms with van der Waals surface area (Å²) in [5.41, 5.74) is 2.89. The van der Waals surface area contributed by atoms with Gasteiger partial charge in [-0.15, -0.1) is 0 Å². The van der Waals surface area contributed by atoms with Crippen molar-refractivity contribution in [1.82, 2.24) is 20.0 Å². The Hall–Kier alpha value is -2.49. The van der Waals surface area contributed by atoms with Gasteiger partial charge in [-0.05, 0) is 24.6 Å². The third-order valence-corrected chi connectivity index (χ3v) is 6.10. The van der Waals surface area contributed by atoms with Crippen LogP contribution in [0.2, 0.25) is 0 Å². The van der Waals surface area contributed by atoms with Crippen molar-refractivity contribution in [3.05, 3.63) is 23.9 Å². The molecule has 2 fully saturated rings. The van der Waals surface area contributed by atoms with Gasteiger partial charge < -0.3 is 14.4 Å². The zero-order valence-electron chi connectivity index (χ0n) is 17.8. The number of anilines is 1. The van der Waals surface area contributed by atoms with E-state index in [4.69, 9.17) is 9.47 Å². The Morgan fingerprint density at radius 3 is 2.57 bits per heavy atom. The zero-order chi connectivity index (χ0) is 21.3. The number of aromatic nitrogens is 2. The number of hydrogen-bond donors (Lipinski definition) is 1. The van der Waals surface area contributed by atoms with E-state index >= 15 is 0 Å². The molecule has 9 heteroatoms. The van der Waals surface area contributed by atoms with Gasteiger partial charge in [-0.3, -0.25) is 24.5 Å². The molecule has 1 aromatic heterocycles. The van der Waals surface area contributed by atoms with E-state index in [0.29, 0.717) is 12.8 Å². The molecule has 1 aromatic carbocycles. The molecule has 3 heterocycles. The van der Waals surface area contributed by atoms with Crippen molar-refractivity contribution in [1.29, 1.82) is 0 Å². The summed E-state index contributed by atoms with van der Waals surface area (Å²) in [7, 11) is 5.22. The molecule has 0 bridgehead atoms. The molecule has 162 valence electrons. The van der Waals surface area contributed by atoms with E-state index in [-0.39, 0.29) is 24.0 Å². The number of benzene rings is 1. The number of nitrogens with one attached hydrogen (secondary N) is 1. The van der Waals surface area contributed by atoms with Crippen LogP contribution in [0.4, 0.5) is 5.69 Å². The predicted molar refractivity (Wildman–Crippen MR) is 112 cm³/mol. The third kappa shape index (κ3) is 4.05. The van der Waals surface area contributed by atoms with E-state index in [9.17, 15) is 9.59 Å². The van der Waals surface area contributed by atoms with Gasteiger partial charge >= 0.3 is 0 Å². The van der Waals surface area contributed by atoms with Gasteiger partial charge in [-0.25, -0.2) is 0 Å². The standard InChI is InChI=1S/C21H29N5O4/c1-24-17-12-14(26-10-8-25(9-11-26)13-19(29-2)30-3)4-5-15(17)20(23-24)16-6-7-18(27)22-21(16)28/h4-5,12,16,19H,6-11,13H2,1-3H3,(H,22,27,28). The summed E-state index contributed by atoms with van der Waals surface area (Å²) in [5.74, 6) is -0.840. The Morgan fingerprint density at radius 1 is 1.17 bits per heavy atom. The van der Waals surface area contributed by atoms with Crippen molar-refractivity contribution in [3.63, 3.8) is 0 Å². The fraction of sp³-hybridized carbons (Fsp3) is 0.571. The molecule has 0 radical (unpaired) electrons. The second-order valence-electron chi connectivity index (χ2n) is 7.90. The lowest BCUT2D eigenvalue weighted by molar-refractivity contribution is -0.134. The molecule has 9 nitrogen and oxygen atoms in total. The second kappa shape index (κ2) is 8.71. The highest BCUT2D eigenvalue weighted by Gasteiger charge is 2.31. The second-order valence-corrected chi connectivity index (χ2v) is 7.90. The number of imide groups is 1. The summed E-state index contributed by atoms with van der Waals surface area (Å²) in [6.07, 6.45) is 0.655. The highest BCUT2D eigenvalue weighted by atomic mass is 16.7. The molecule has 0 spiro atoms. The fourth-order valence-corrected chi connectivity index (χ4v) is 4.33. The minimum Gasteiger partial charge on any atom is -0.369 e. The van der Waals surface area contributed by atoms with Crippen LogP contribution in [0, 0.1) is 0 Å². The lowest BCUT2D eigenvalue weighted by Crippen LogP contribution is -2.49. The van der Waals surface area contributed by atoms with Crippen LogP contribution in [0.15, 0.2) is 18.2 Å². The van der Waals surface area contributed by atoms with Crippen LogP contribution < -0.4 is 10.2 Å². The van der Waals surface area contributed by atoms with Crippen LogP contribution in [0.3, 0.4) is 0 Å². The quantitative estimate of drug-likeness (QED) is 0.552. The van der Waals surface area contributed by atoms with Crippen molar-refractivity contribution in [3.8, 4) is 0 Å². The predicted octanol–water partition coefficient (Wildman–Crippen LogP) is 0.834. The molecule has 30 heavy (non-hydrogen) atoms. The van der Waals surface area contributed by atoms with E-state index in [1.165, 1.54) is 0 Å². The number of rotatable bonds is 6.